The maximum absolute atomic E-state index is 13.5. The lowest BCUT2D eigenvalue weighted by Gasteiger charge is -2.43. The Bertz CT molecular complexity index is 1990. The van der Waals surface area contributed by atoms with Crippen molar-refractivity contribution in [1.82, 2.24) is 34.7 Å². The van der Waals surface area contributed by atoms with E-state index in [1.165, 1.54) is 0 Å². The highest BCUT2D eigenvalue weighted by Gasteiger charge is 2.29. The quantitative estimate of drug-likeness (QED) is 0.165. The number of benzene rings is 2. The molecule has 256 valence electrons. The van der Waals surface area contributed by atoms with E-state index in [0.29, 0.717) is 50.1 Å². The lowest BCUT2D eigenvalue weighted by molar-refractivity contribution is 0.0982. The number of piperidine rings is 1. The van der Waals surface area contributed by atoms with Gasteiger partial charge in [-0.1, -0.05) is 0 Å². The monoisotopic (exact) mass is 762 g/mol. The van der Waals surface area contributed by atoms with Crippen molar-refractivity contribution in [2.45, 2.75) is 18.9 Å². The summed E-state index contributed by atoms with van der Waals surface area (Å²) in [6.45, 7) is 9.97. The Morgan fingerprint density at radius 1 is 0.959 bits per heavy atom. The maximum Gasteiger partial charge on any atom is 0.229 e. The number of ether oxygens (including phenoxy) is 1. The molecule has 0 spiro atoms. The van der Waals surface area contributed by atoms with Crippen molar-refractivity contribution in [1.29, 1.82) is 0 Å². The summed E-state index contributed by atoms with van der Waals surface area (Å²) < 4.78 is 20.1. The Hall–Kier alpha value is -3.68. The van der Waals surface area contributed by atoms with Crippen molar-refractivity contribution in [3.63, 3.8) is 0 Å². The van der Waals surface area contributed by atoms with Crippen LogP contribution >= 0.6 is 34.4 Å². The highest BCUT2D eigenvalue weighted by Crippen LogP contribution is 2.43. The summed E-state index contributed by atoms with van der Waals surface area (Å²) in [6.07, 6.45) is 7.18. The minimum atomic E-state index is -2.76. The average molecular weight is 764 g/mol. The summed E-state index contributed by atoms with van der Waals surface area (Å²) >= 11 is 5.17. The second kappa shape index (κ2) is 14.3. The third-order valence-corrected chi connectivity index (χ3v) is 12.0. The van der Waals surface area contributed by atoms with Gasteiger partial charge < -0.3 is 29.7 Å². The van der Waals surface area contributed by atoms with Gasteiger partial charge in [0.25, 0.3) is 0 Å². The van der Waals surface area contributed by atoms with Crippen molar-refractivity contribution in [2.24, 2.45) is 0 Å². The van der Waals surface area contributed by atoms with Gasteiger partial charge in [-0.15, -0.1) is 11.3 Å². The molecule has 0 bridgehead atoms. The second-order valence-electron chi connectivity index (χ2n) is 12.9. The van der Waals surface area contributed by atoms with Gasteiger partial charge in [-0.3, -0.25) is 14.9 Å². The maximum atomic E-state index is 13.5. The third-order valence-electron chi connectivity index (χ3n) is 9.28. The first-order chi connectivity index (χ1) is 23.7. The van der Waals surface area contributed by atoms with Crippen LogP contribution in [0.4, 0.5) is 28.8 Å². The standard InChI is InChI=1S/C34H40BrN10O2PS/c1-43-13-15-44(16-14-43)22-7-11-45(12-8-22)29-18-30(47-2)27(17-23(29)28-20-49-21-39-28)41-34-38-19-24(35)33(42-34)40-26-6-5-25-31(37-10-9-36-25)32(26)48(3,4)46/h5-6,9-10,17-22H,7-8,11-16H2,1-4H3,(H2,38,40,41,42). The lowest BCUT2D eigenvalue weighted by atomic mass is 9.99. The summed E-state index contributed by atoms with van der Waals surface area (Å²) in [7, 11) is 1.13. The van der Waals surface area contributed by atoms with Gasteiger partial charge in [0.05, 0.1) is 50.7 Å². The van der Waals surface area contributed by atoms with Crippen LogP contribution in [0, 0.1) is 0 Å². The molecule has 2 saturated heterocycles. The molecule has 2 aliphatic rings. The van der Waals surface area contributed by atoms with Gasteiger partial charge in [0.1, 0.15) is 24.2 Å². The van der Waals surface area contributed by atoms with Gasteiger partial charge in [-0.2, -0.15) is 4.98 Å². The number of nitrogens with zero attached hydrogens (tertiary/aromatic N) is 8. The molecule has 2 aromatic carbocycles. The molecule has 2 N–H and O–H groups in total. The molecule has 5 heterocycles. The van der Waals surface area contributed by atoms with E-state index in [4.69, 9.17) is 14.7 Å². The number of anilines is 5. The molecule has 2 fully saturated rings. The number of aromatic nitrogens is 5. The van der Waals surface area contributed by atoms with Crippen LogP contribution in [0.3, 0.4) is 0 Å². The van der Waals surface area contributed by atoms with Crippen molar-refractivity contribution in [2.75, 3.05) is 82.3 Å². The van der Waals surface area contributed by atoms with E-state index in [0.717, 1.165) is 74.7 Å². The number of likely N-dealkylation sites (N-methyl/N-ethyl adjacent to an activating group) is 1. The largest absolute Gasteiger partial charge is 0.494 e. The molecule has 3 aromatic heterocycles. The van der Waals surface area contributed by atoms with Crippen molar-refractivity contribution in [3.05, 3.63) is 58.2 Å². The molecule has 0 atom stereocenters. The summed E-state index contributed by atoms with van der Waals surface area (Å²) in [5.74, 6) is 1.56. The molecule has 7 rings (SSSR count). The summed E-state index contributed by atoms with van der Waals surface area (Å²) in [5.41, 5.74) is 7.58. The number of nitrogens with one attached hydrogen (secondary N) is 2. The third kappa shape index (κ3) is 7.29. The van der Waals surface area contributed by atoms with Crippen molar-refractivity contribution < 1.29 is 9.30 Å². The van der Waals surface area contributed by atoms with Crippen molar-refractivity contribution >= 4 is 79.6 Å². The van der Waals surface area contributed by atoms with E-state index in [1.54, 1.807) is 50.4 Å². The number of thiazole rings is 1. The number of piperazine rings is 1. The fourth-order valence-electron chi connectivity index (χ4n) is 6.74. The SMILES string of the molecule is COc1cc(N2CCC(N3CCN(C)CC3)CC2)c(-c2cscn2)cc1Nc1ncc(Br)c(Nc2ccc3nccnc3c2P(C)(C)=O)n1. The van der Waals surface area contributed by atoms with E-state index in [1.807, 2.05) is 17.6 Å². The van der Waals surface area contributed by atoms with Crippen LogP contribution < -0.4 is 25.6 Å². The van der Waals surface area contributed by atoms with Crippen LogP contribution in [-0.4, -0.2) is 108 Å². The lowest BCUT2D eigenvalue weighted by Crippen LogP contribution is -2.52. The minimum Gasteiger partial charge on any atom is -0.494 e. The Kier molecular flexibility index (Phi) is 9.85. The number of rotatable bonds is 9. The van der Waals surface area contributed by atoms with Gasteiger partial charge in [0.15, 0.2) is 0 Å². The second-order valence-corrected chi connectivity index (χ2v) is 17.6. The molecule has 0 radical (unpaired) electrons. The number of methoxy groups -OCH3 is 1. The first-order valence-electron chi connectivity index (χ1n) is 16.3. The highest BCUT2D eigenvalue weighted by molar-refractivity contribution is 9.10. The molecule has 2 aliphatic heterocycles. The van der Waals surface area contributed by atoms with Gasteiger partial charge in [0, 0.05) is 80.9 Å². The van der Waals surface area contributed by atoms with Crippen molar-refractivity contribution in [3.8, 4) is 17.0 Å². The minimum absolute atomic E-state index is 0.368. The molecular formula is C34H40BrN10O2PS. The van der Waals surface area contributed by atoms with Crippen LogP contribution in [0.25, 0.3) is 22.3 Å². The first-order valence-corrected chi connectivity index (χ1v) is 20.7. The topological polar surface area (TPSA) is 125 Å². The Morgan fingerprint density at radius 2 is 1.73 bits per heavy atom. The smallest absolute Gasteiger partial charge is 0.229 e. The van der Waals surface area contributed by atoms with E-state index >= 15 is 0 Å². The summed E-state index contributed by atoms with van der Waals surface area (Å²) in [5, 5.41) is 9.48. The van der Waals surface area contributed by atoms with Crippen LogP contribution in [0.5, 0.6) is 5.75 Å². The highest BCUT2D eigenvalue weighted by atomic mass is 79.9. The fraction of sp³-hybridized carbons (Fsp3) is 0.382. The Morgan fingerprint density at radius 3 is 2.45 bits per heavy atom. The van der Waals surface area contributed by atoms with Gasteiger partial charge >= 0.3 is 0 Å². The molecule has 12 nitrogen and oxygen atoms in total. The molecule has 5 aromatic rings. The average Bonchev–Trinajstić information content (AvgIpc) is 3.64. The van der Waals surface area contributed by atoms with Gasteiger partial charge in [-0.05, 0) is 67.3 Å². The van der Waals surface area contributed by atoms with E-state index < -0.39 is 7.14 Å². The number of hydrogen-bond acceptors (Lipinski definition) is 13. The van der Waals surface area contributed by atoms with Crippen LogP contribution in [0.1, 0.15) is 12.8 Å². The van der Waals surface area contributed by atoms with Crippen LogP contribution in [0.2, 0.25) is 0 Å². The summed E-state index contributed by atoms with van der Waals surface area (Å²) in [6, 6.07) is 8.53. The zero-order chi connectivity index (χ0) is 34.1. The van der Waals surface area contributed by atoms with E-state index in [9.17, 15) is 4.57 Å². The molecule has 15 heteroatoms. The normalized spacial score (nSPS) is 16.6. The molecule has 49 heavy (non-hydrogen) atoms. The van der Waals surface area contributed by atoms with Crippen LogP contribution in [0.15, 0.2) is 58.2 Å². The predicted molar refractivity (Wildman–Crippen MR) is 203 cm³/mol. The predicted octanol–water partition coefficient (Wildman–Crippen LogP) is 6.27. The first kappa shape index (κ1) is 33.8. The van der Waals surface area contributed by atoms with Gasteiger partial charge in [-0.25, -0.2) is 9.97 Å². The fourth-order valence-corrected chi connectivity index (χ4v) is 8.97. The molecule has 0 amide bonds. The molecule has 0 unspecified atom stereocenters. The molecule has 0 saturated carbocycles. The molecule has 0 aliphatic carbocycles. The zero-order valence-corrected chi connectivity index (χ0v) is 31.4. The number of halogens is 1. The number of fused-ring (bicyclic) bond motifs is 1. The van der Waals surface area contributed by atoms with E-state index in [2.05, 4.69) is 80.8 Å². The van der Waals surface area contributed by atoms with Crippen LogP contribution in [-0.2, 0) is 4.57 Å². The van der Waals surface area contributed by atoms with E-state index in [-0.39, 0.29) is 0 Å². The molecular weight excluding hydrogens is 723 g/mol. The zero-order valence-electron chi connectivity index (χ0n) is 28.1. The van der Waals surface area contributed by atoms with Gasteiger partial charge in [0.2, 0.25) is 5.95 Å². The Labute approximate surface area is 298 Å². The summed E-state index contributed by atoms with van der Waals surface area (Å²) in [4.78, 5) is 30.5. The Balaban J connectivity index is 1.17. The number of hydrogen-bond donors (Lipinski definition) is 2.